The van der Waals surface area contributed by atoms with Gasteiger partial charge in [-0.3, -0.25) is 9.78 Å². The van der Waals surface area contributed by atoms with Crippen LogP contribution in [0, 0.1) is 11.3 Å². The number of benzene rings is 1. The number of ether oxygens (including phenoxy) is 1. The molecule has 1 aromatic heterocycles. The largest absolute Gasteiger partial charge is 0.491 e. The Kier molecular flexibility index (Phi) is 3.82. The van der Waals surface area contributed by atoms with Crippen molar-refractivity contribution in [2.24, 2.45) is 0 Å². The first-order valence-corrected chi connectivity index (χ1v) is 8.14. The highest BCUT2D eigenvalue weighted by molar-refractivity contribution is 6.09. The summed E-state index contributed by atoms with van der Waals surface area (Å²) in [6.07, 6.45) is 8.27. The second kappa shape index (κ2) is 6.29. The number of fused-ring (bicyclic) bond motifs is 1. The Bertz CT molecular complexity index is 901. The van der Waals surface area contributed by atoms with Gasteiger partial charge in [0.05, 0.1) is 29.6 Å². The monoisotopic (exact) mass is 332 g/mol. The van der Waals surface area contributed by atoms with E-state index in [1.54, 1.807) is 29.4 Å². The van der Waals surface area contributed by atoms with Crippen LogP contribution in [0.1, 0.15) is 22.3 Å². The van der Waals surface area contributed by atoms with Gasteiger partial charge in [0, 0.05) is 30.7 Å². The van der Waals surface area contributed by atoms with Crippen LogP contribution < -0.4 is 14.5 Å². The smallest absolute Gasteiger partial charge is 0.262 e. The lowest BCUT2D eigenvalue weighted by Crippen LogP contribution is -2.33. The highest BCUT2D eigenvalue weighted by Gasteiger charge is 2.27. The molecular formula is C19H16N4O2. The van der Waals surface area contributed by atoms with E-state index in [0.717, 1.165) is 18.7 Å². The maximum Gasteiger partial charge on any atom is 0.262 e. The Labute approximate surface area is 145 Å². The zero-order valence-corrected chi connectivity index (χ0v) is 13.6. The van der Waals surface area contributed by atoms with E-state index in [1.165, 1.54) is 0 Å². The SMILES string of the molecule is N#Cc1ccncc1N1CCOc2cc(N3C=CCC3)ccc2C1=O. The summed E-state index contributed by atoms with van der Waals surface area (Å²) in [6, 6.07) is 9.34. The van der Waals surface area contributed by atoms with Gasteiger partial charge in [-0.25, -0.2) is 0 Å². The molecule has 1 amide bonds. The zero-order valence-electron chi connectivity index (χ0n) is 13.6. The molecule has 0 unspecified atom stereocenters. The van der Waals surface area contributed by atoms with E-state index in [1.807, 2.05) is 18.3 Å². The molecule has 1 aromatic carbocycles. The second-order valence-corrected chi connectivity index (χ2v) is 5.86. The van der Waals surface area contributed by atoms with E-state index in [4.69, 9.17) is 4.74 Å². The summed E-state index contributed by atoms with van der Waals surface area (Å²) in [5.41, 5.74) is 2.44. The molecule has 0 N–H and O–H groups in total. The number of carbonyl (C=O) groups excluding carboxylic acids is 1. The van der Waals surface area contributed by atoms with Gasteiger partial charge in [-0.1, -0.05) is 6.08 Å². The molecule has 2 aliphatic heterocycles. The predicted octanol–water partition coefficient (Wildman–Crippen LogP) is 2.72. The fraction of sp³-hybridized carbons (Fsp3) is 0.211. The molecule has 0 saturated heterocycles. The number of rotatable bonds is 2. The predicted molar refractivity (Wildman–Crippen MR) is 93.7 cm³/mol. The molecule has 25 heavy (non-hydrogen) atoms. The van der Waals surface area contributed by atoms with E-state index < -0.39 is 0 Å². The number of pyridine rings is 1. The topological polar surface area (TPSA) is 69.5 Å². The summed E-state index contributed by atoms with van der Waals surface area (Å²) < 4.78 is 5.83. The second-order valence-electron chi connectivity index (χ2n) is 5.86. The molecule has 3 heterocycles. The summed E-state index contributed by atoms with van der Waals surface area (Å²) in [6.45, 7) is 1.66. The Hall–Kier alpha value is -3.33. The molecule has 0 spiro atoms. The average Bonchev–Trinajstić information content (AvgIpc) is 3.14. The number of aromatic nitrogens is 1. The maximum atomic E-state index is 13.0. The van der Waals surface area contributed by atoms with Crippen LogP contribution in [0.5, 0.6) is 5.75 Å². The third-order valence-corrected chi connectivity index (χ3v) is 4.38. The number of nitrogens with zero attached hydrogens (tertiary/aromatic N) is 4. The summed E-state index contributed by atoms with van der Waals surface area (Å²) in [5.74, 6) is 0.396. The van der Waals surface area contributed by atoms with Gasteiger partial charge in [-0.15, -0.1) is 0 Å². The Morgan fingerprint density at radius 3 is 2.96 bits per heavy atom. The van der Waals surface area contributed by atoms with E-state index >= 15 is 0 Å². The van der Waals surface area contributed by atoms with Crippen molar-refractivity contribution in [3.8, 4) is 11.8 Å². The van der Waals surface area contributed by atoms with E-state index in [9.17, 15) is 10.1 Å². The van der Waals surface area contributed by atoms with Gasteiger partial charge in [-0.2, -0.15) is 5.26 Å². The normalized spacial score (nSPS) is 16.2. The first-order valence-electron chi connectivity index (χ1n) is 8.14. The highest BCUT2D eigenvalue weighted by atomic mass is 16.5. The quantitative estimate of drug-likeness (QED) is 0.846. The van der Waals surface area contributed by atoms with Crippen molar-refractivity contribution < 1.29 is 9.53 Å². The number of hydrogen-bond donors (Lipinski definition) is 0. The van der Waals surface area contributed by atoms with Gasteiger partial charge in [0.1, 0.15) is 18.4 Å². The third kappa shape index (κ3) is 2.70. The number of nitriles is 1. The van der Waals surface area contributed by atoms with Gasteiger partial charge < -0.3 is 14.5 Å². The standard InChI is InChI=1S/C19H16N4O2/c20-12-14-5-6-21-13-17(14)23-9-10-25-18-11-15(22-7-1-2-8-22)3-4-16(18)19(23)24/h1,3-7,11,13H,2,8-10H2. The fourth-order valence-electron chi connectivity index (χ4n) is 3.11. The van der Waals surface area contributed by atoms with Crippen LogP contribution in [0.3, 0.4) is 0 Å². The summed E-state index contributed by atoms with van der Waals surface area (Å²) in [5, 5.41) is 9.30. The first kappa shape index (κ1) is 15.2. The van der Waals surface area contributed by atoms with Crippen LogP contribution in [-0.4, -0.2) is 30.6 Å². The van der Waals surface area contributed by atoms with E-state index in [2.05, 4.69) is 22.0 Å². The Balaban J connectivity index is 1.71. The molecule has 124 valence electrons. The molecule has 0 radical (unpaired) electrons. The molecular weight excluding hydrogens is 316 g/mol. The van der Waals surface area contributed by atoms with Crippen molar-refractivity contribution in [1.29, 1.82) is 5.26 Å². The van der Waals surface area contributed by atoms with Crippen LogP contribution in [0.2, 0.25) is 0 Å². The Morgan fingerprint density at radius 2 is 2.16 bits per heavy atom. The third-order valence-electron chi connectivity index (χ3n) is 4.38. The van der Waals surface area contributed by atoms with Crippen molar-refractivity contribution in [3.63, 3.8) is 0 Å². The van der Waals surface area contributed by atoms with Gasteiger partial charge in [0.15, 0.2) is 0 Å². The van der Waals surface area contributed by atoms with E-state index in [0.29, 0.717) is 35.7 Å². The minimum Gasteiger partial charge on any atom is -0.491 e. The number of anilines is 2. The number of amides is 1. The number of carbonyl (C=O) groups is 1. The minimum absolute atomic E-state index is 0.180. The molecule has 2 aliphatic rings. The molecule has 4 rings (SSSR count). The van der Waals surface area contributed by atoms with Crippen molar-refractivity contribution in [2.75, 3.05) is 29.5 Å². The number of hydrogen-bond acceptors (Lipinski definition) is 5. The Morgan fingerprint density at radius 1 is 1.24 bits per heavy atom. The zero-order chi connectivity index (χ0) is 17.2. The van der Waals surface area contributed by atoms with Crippen LogP contribution in [0.15, 0.2) is 48.9 Å². The van der Waals surface area contributed by atoms with Gasteiger partial charge >= 0.3 is 0 Å². The average molecular weight is 332 g/mol. The van der Waals surface area contributed by atoms with Crippen molar-refractivity contribution in [1.82, 2.24) is 4.98 Å². The highest BCUT2D eigenvalue weighted by Crippen LogP contribution is 2.32. The van der Waals surface area contributed by atoms with Crippen molar-refractivity contribution in [2.45, 2.75) is 6.42 Å². The molecule has 0 atom stereocenters. The van der Waals surface area contributed by atoms with Gasteiger partial charge in [-0.05, 0) is 24.6 Å². The summed E-state index contributed by atoms with van der Waals surface area (Å²) >= 11 is 0. The lowest BCUT2D eigenvalue weighted by atomic mass is 10.1. The van der Waals surface area contributed by atoms with Gasteiger partial charge in [0.25, 0.3) is 5.91 Å². The van der Waals surface area contributed by atoms with Crippen molar-refractivity contribution >= 4 is 17.3 Å². The van der Waals surface area contributed by atoms with E-state index in [-0.39, 0.29) is 5.91 Å². The molecule has 6 heteroatoms. The molecule has 2 aromatic rings. The lowest BCUT2D eigenvalue weighted by Gasteiger charge is -2.21. The molecule has 0 fully saturated rings. The van der Waals surface area contributed by atoms with Crippen LogP contribution >= 0.6 is 0 Å². The van der Waals surface area contributed by atoms with Crippen LogP contribution in [-0.2, 0) is 0 Å². The van der Waals surface area contributed by atoms with Crippen molar-refractivity contribution in [3.05, 3.63) is 60.1 Å². The first-order chi connectivity index (χ1) is 12.3. The molecule has 0 saturated carbocycles. The summed E-state index contributed by atoms with van der Waals surface area (Å²) in [4.78, 5) is 20.8. The molecule has 0 aliphatic carbocycles. The fourth-order valence-corrected chi connectivity index (χ4v) is 3.11. The minimum atomic E-state index is -0.180. The lowest BCUT2D eigenvalue weighted by molar-refractivity contribution is 0.0989. The van der Waals surface area contributed by atoms with Gasteiger partial charge in [0.2, 0.25) is 0 Å². The van der Waals surface area contributed by atoms with Crippen LogP contribution in [0.4, 0.5) is 11.4 Å². The van der Waals surface area contributed by atoms with Crippen LogP contribution in [0.25, 0.3) is 0 Å². The summed E-state index contributed by atoms with van der Waals surface area (Å²) in [7, 11) is 0. The molecule has 6 nitrogen and oxygen atoms in total. The maximum absolute atomic E-state index is 13.0. The molecule has 0 bridgehead atoms.